The molecule has 1 atom stereocenters. The van der Waals surface area contributed by atoms with Crippen molar-refractivity contribution in [2.24, 2.45) is 0 Å². The molecule has 2 amide bonds. The molecule has 0 saturated heterocycles. The van der Waals surface area contributed by atoms with Crippen LogP contribution in [0.2, 0.25) is 0 Å². The Bertz CT molecular complexity index is 755. The van der Waals surface area contributed by atoms with Crippen molar-refractivity contribution in [3.05, 3.63) is 84.0 Å². The van der Waals surface area contributed by atoms with E-state index in [9.17, 15) is 14.0 Å². The molecule has 0 aliphatic heterocycles. The molecule has 0 aliphatic rings. The normalized spacial score (nSPS) is 12.5. The molecule has 0 rings (SSSR count). The largest absolute Gasteiger partial charge is 0.491 e. The van der Waals surface area contributed by atoms with Crippen molar-refractivity contribution in [1.29, 1.82) is 0 Å². The van der Waals surface area contributed by atoms with Gasteiger partial charge in [-0.25, -0.2) is 4.39 Å². The molecule has 0 saturated carbocycles. The summed E-state index contributed by atoms with van der Waals surface area (Å²) >= 11 is 11.1. The number of hydrogen-bond acceptors (Lipinski definition) is 3. The Hall–Kier alpha value is -2.57. The van der Waals surface area contributed by atoms with Crippen LogP contribution in [0.1, 0.15) is 19.8 Å². The summed E-state index contributed by atoms with van der Waals surface area (Å²) in [7, 11) is 0. The molecule has 5 nitrogen and oxygen atoms in total. The van der Waals surface area contributed by atoms with E-state index in [1.165, 1.54) is 18.4 Å². The predicted octanol–water partition coefficient (Wildman–Crippen LogP) is 4.90. The number of carbonyl (C=O) groups excluding carboxylic acids is 2. The summed E-state index contributed by atoms with van der Waals surface area (Å²) in [6.07, 6.45) is 7.40. The molecule has 0 aromatic carbocycles. The van der Waals surface area contributed by atoms with Crippen molar-refractivity contribution >= 4 is 35.0 Å². The van der Waals surface area contributed by atoms with Crippen molar-refractivity contribution in [1.82, 2.24) is 10.6 Å². The smallest absolute Gasteiger partial charge is 0.261 e. The Labute approximate surface area is 181 Å². The second kappa shape index (κ2) is 14.4. The molecule has 8 heteroatoms. The lowest BCUT2D eigenvalue weighted by atomic mass is 10.1. The summed E-state index contributed by atoms with van der Waals surface area (Å²) in [4.78, 5) is 23.7. The highest BCUT2D eigenvalue weighted by molar-refractivity contribution is 6.31. The van der Waals surface area contributed by atoms with Crippen LogP contribution in [0.5, 0.6) is 0 Å². The Morgan fingerprint density at radius 1 is 1.10 bits per heavy atom. The molecule has 2 N–H and O–H groups in total. The van der Waals surface area contributed by atoms with E-state index in [0.717, 1.165) is 0 Å². The van der Waals surface area contributed by atoms with Crippen LogP contribution >= 0.6 is 23.2 Å². The highest BCUT2D eigenvalue weighted by Crippen LogP contribution is 2.13. The summed E-state index contributed by atoms with van der Waals surface area (Å²) < 4.78 is 17.6. The first-order chi connectivity index (χ1) is 13.5. The van der Waals surface area contributed by atoms with Crippen LogP contribution in [0, 0.1) is 0 Å². The van der Waals surface area contributed by atoms with Gasteiger partial charge in [0.05, 0.1) is 17.3 Å². The summed E-state index contributed by atoms with van der Waals surface area (Å²) in [6, 6.07) is -0.282. The minimum absolute atomic E-state index is 0.139. The molecule has 0 bridgehead atoms. The van der Waals surface area contributed by atoms with Crippen LogP contribution in [0.4, 0.5) is 4.39 Å². The first-order valence-electron chi connectivity index (χ1n) is 8.50. The molecule has 1 unspecified atom stereocenters. The lowest BCUT2D eigenvalue weighted by Crippen LogP contribution is -2.33. The summed E-state index contributed by atoms with van der Waals surface area (Å²) in [6.45, 7) is 15.6. The number of carbonyl (C=O) groups is 2. The molecule has 0 radical (unpaired) electrons. The van der Waals surface area contributed by atoms with E-state index in [-0.39, 0.29) is 36.4 Å². The number of hydrogen-bond donors (Lipinski definition) is 2. The summed E-state index contributed by atoms with van der Waals surface area (Å²) in [5.41, 5.74) is 1.05. The molecule has 0 fully saturated rings. The van der Waals surface area contributed by atoms with E-state index >= 15 is 0 Å². The second-order valence-corrected chi connectivity index (χ2v) is 6.75. The van der Waals surface area contributed by atoms with Gasteiger partial charge >= 0.3 is 0 Å². The van der Waals surface area contributed by atoms with Gasteiger partial charge in [-0.05, 0) is 37.1 Å². The summed E-state index contributed by atoms with van der Waals surface area (Å²) in [5, 5.41) is 5.50. The van der Waals surface area contributed by atoms with Crippen molar-refractivity contribution < 1.29 is 18.7 Å². The Kier molecular flexibility index (Phi) is 13.2. The van der Waals surface area contributed by atoms with E-state index in [1.54, 1.807) is 19.1 Å². The van der Waals surface area contributed by atoms with Crippen molar-refractivity contribution in [2.45, 2.75) is 25.8 Å². The number of allylic oxidation sites excluding steroid dienone is 7. The first-order valence-corrected chi connectivity index (χ1v) is 9.25. The second-order valence-electron chi connectivity index (χ2n) is 5.86. The zero-order valence-electron chi connectivity index (χ0n) is 16.3. The SMILES string of the molecule is C=C(Cl)/C=C\C(=C)C(C)NC(=O)CCC(=C)NC(=O)CO/C=C/C=C(/Cl)C(=C)F. The van der Waals surface area contributed by atoms with Gasteiger partial charge in [0.15, 0.2) is 6.61 Å². The third-order valence-electron chi connectivity index (χ3n) is 3.27. The topological polar surface area (TPSA) is 67.4 Å². The van der Waals surface area contributed by atoms with Crippen LogP contribution < -0.4 is 10.6 Å². The third-order valence-corrected chi connectivity index (χ3v) is 3.73. The Balaban J connectivity index is 4.17. The quantitative estimate of drug-likeness (QED) is 0.314. The van der Waals surface area contributed by atoms with Gasteiger partial charge in [0.25, 0.3) is 5.91 Å². The maximum Gasteiger partial charge on any atom is 0.261 e. The molecular formula is C21H25Cl2FN2O3. The summed E-state index contributed by atoms with van der Waals surface area (Å²) in [5.74, 6) is -1.44. The molecule has 0 spiro atoms. The van der Waals surface area contributed by atoms with Crippen LogP contribution in [0.3, 0.4) is 0 Å². The highest BCUT2D eigenvalue weighted by Gasteiger charge is 2.10. The fourth-order valence-electron chi connectivity index (χ4n) is 1.70. The van der Waals surface area contributed by atoms with Gasteiger partial charge < -0.3 is 15.4 Å². The highest BCUT2D eigenvalue weighted by atomic mass is 35.5. The lowest BCUT2D eigenvalue weighted by molar-refractivity contribution is -0.124. The van der Waals surface area contributed by atoms with Gasteiger partial charge in [-0.1, -0.05) is 55.6 Å². The molecule has 158 valence electrons. The maximum atomic E-state index is 12.6. The van der Waals surface area contributed by atoms with E-state index in [0.29, 0.717) is 16.3 Å². The zero-order chi connectivity index (χ0) is 22.4. The zero-order valence-corrected chi connectivity index (χ0v) is 17.8. The fourth-order valence-corrected chi connectivity index (χ4v) is 1.84. The van der Waals surface area contributed by atoms with E-state index in [2.05, 4.69) is 36.9 Å². The number of ether oxygens (including phenoxy) is 1. The van der Waals surface area contributed by atoms with Crippen molar-refractivity contribution in [2.75, 3.05) is 6.61 Å². The average molecular weight is 443 g/mol. The minimum Gasteiger partial charge on any atom is -0.491 e. The van der Waals surface area contributed by atoms with Crippen molar-refractivity contribution in [3.63, 3.8) is 0 Å². The standard InChI is InChI=1S/C21H25Cl2FN2O3/c1-14(8-9-15(2)22)18(5)26-20(27)11-10-16(3)25-21(28)13-29-12-6-7-19(23)17(4)24/h6-9,12,18H,1-4,10-11,13H2,5H3,(H,25,28)(H,26,27)/b9-8-,12-6+,19-7+. The molecule has 0 aliphatic carbocycles. The van der Waals surface area contributed by atoms with Gasteiger partial charge in [0.2, 0.25) is 5.91 Å². The van der Waals surface area contributed by atoms with Gasteiger partial charge in [0, 0.05) is 17.2 Å². The van der Waals surface area contributed by atoms with Gasteiger partial charge in [-0.3, -0.25) is 9.59 Å². The molecule has 0 aromatic heterocycles. The van der Waals surface area contributed by atoms with Crippen LogP contribution in [0.25, 0.3) is 0 Å². The average Bonchev–Trinajstić information content (AvgIpc) is 2.63. The van der Waals surface area contributed by atoms with Gasteiger partial charge in [-0.15, -0.1) is 0 Å². The molecule has 29 heavy (non-hydrogen) atoms. The Morgan fingerprint density at radius 3 is 2.34 bits per heavy atom. The van der Waals surface area contributed by atoms with Crippen LogP contribution in [-0.4, -0.2) is 24.5 Å². The molecular weight excluding hydrogens is 418 g/mol. The lowest BCUT2D eigenvalue weighted by Gasteiger charge is -2.15. The van der Waals surface area contributed by atoms with E-state index in [1.807, 2.05) is 0 Å². The number of nitrogens with one attached hydrogen (secondary N) is 2. The first kappa shape index (κ1) is 26.4. The monoisotopic (exact) mass is 442 g/mol. The van der Waals surface area contributed by atoms with E-state index < -0.39 is 11.7 Å². The number of halogens is 3. The van der Waals surface area contributed by atoms with E-state index in [4.69, 9.17) is 27.9 Å². The molecule has 0 heterocycles. The minimum atomic E-state index is -0.772. The van der Waals surface area contributed by atoms with Crippen LogP contribution in [0.15, 0.2) is 84.0 Å². The predicted molar refractivity (Wildman–Crippen MR) is 117 cm³/mol. The van der Waals surface area contributed by atoms with Gasteiger partial charge in [-0.2, -0.15) is 0 Å². The fraction of sp³-hybridized carbons (Fsp3) is 0.238. The number of amides is 2. The Morgan fingerprint density at radius 2 is 1.76 bits per heavy atom. The van der Waals surface area contributed by atoms with Gasteiger partial charge in [0.1, 0.15) is 5.83 Å². The van der Waals surface area contributed by atoms with Crippen molar-refractivity contribution in [3.8, 4) is 0 Å². The van der Waals surface area contributed by atoms with Crippen LogP contribution in [-0.2, 0) is 14.3 Å². The third kappa shape index (κ3) is 14.1. The maximum absolute atomic E-state index is 12.6. The number of rotatable bonds is 13. The molecule has 0 aromatic rings.